The van der Waals surface area contributed by atoms with Gasteiger partial charge in [-0.15, -0.1) is 0 Å². The van der Waals surface area contributed by atoms with Gasteiger partial charge in [0.15, 0.2) is 0 Å². The second kappa shape index (κ2) is 6.58. The summed E-state index contributed by atoms with van der Waals surface area (Å²) >= 11 is 5.64. The van der Waals surface area contributed by atoms with Gasteiger partial charge in [-0.25, -0.2) is 9.78 Å². The number of anilines is 1. The molecule has 0 bridgehead atoms. The van der Waals surface area contributed by atoms with Gasteiger partial charge < -0.3 is 15.2 Å². The number of halogens is 4. The smallest absolute Gasteiger partial charge is 0.417 e. The van der Waals surface area contributed by atoms with Crippen molar-refractivity contribution in [1.82, 2.24) is 4.98 Å². The first-order chi connectivity index (χ1) is 8.80. The molecule has 1 aromatic rings. The van der Waals surface area contributed by atoms with Crippen molar-refractivity contribution in [2.24, 2.45) is 0 Å². The first kappa shape index (κ1) is 15.5. The molecule has 5 nitrogen and oxygen atoms in total. The van der Waals surface area contributed by atoms with Crippen molar-refractivity contribution in [3.05, 3.63) is 22.8 Å². The highest BCUT2D eigenvalue weighted by molar-refractivity contribution is 6.32. The number of aromatic nitrogens is 1. The SMILES string of the molecule is O=C(O)COCCNc1ncc(C(F)(F)F)cc1Cl. The summed E-state index contributed by atoms with van der Waals surface area (Å²) in [6.07, 6.45) is -3.84. The third-order valence-electron chi connectivity index (χ3n) is 1.93. The molecule has 1 heterocycles. The molecule has 0 unspecified atom stereocenters. The van der Waals surface area contributed by atoms with E-state index in [1.165, 1.54) is 0 Å². The lowest BCUT2D eigenvalue weighted by atomic mass is 10.3. The molecule has 19 heavy (non-hydrogen) atoms. The summed E-state index contributed by atoms with van der Waals surface area (Å²) in [6, 6.07) is 0.759. The molecule has 0 amide bonds. The van der Waals surface area contributed by atoms with Gasteiger partial charge in [-0.05, 0) is 6.07 Å². The first-order valence-electron chi connectivity index (χ1n) is 5.07. The molecule has 0 fully saturated rings. The van der Waals surface area contributed by atoms with E-state index in [1.54, 1.807) is 0 Å². The molecular formula is C10H10ClF3N2O3. The molecule has 0 radical (unpaired) electrons. The van der Waals surface area contributed by atoms with E-state index >= 15 is 0 Å². The van der Waals surface area contributed by atoms with Crippen LogP contribution in [0.3, 0.4) is 0 Å². The molecule has 0 saturated carbocycles. The van der Waals surface area contributed by atoms with Crippen LogP contribution in [0.25, 0.3) is 0 Å². The van der Waals surface area contributed by atoms with Crippen molar-refractivity contribution < 1.29 is 27.8 Å². The zero-order valence-electron chi connectivity index (χ0n) is 9.50. The summed E-state index contributed by atoms with van der Waals surface area (Å²) in [5.41, 5.74) is -0.940. The summed E-state index contributed by atoms with van der Waals surface area (Å²) in [4.78, 5) is 13.7. The van der Waals surface area contributed by atoms with Crippen LogP contribution in [0.2, 0.25) is 5.02 Å². The number of nitrogens with zero attached hydrogens (tertiary/aromatic N) is 1. The first-order valence-corrected chi connectivity index (χ1v) is 5.44. The molecule has 0 aliphatic rings. The van der Waals surface area contributed by atoms with E-state index < -0.39 is 24.3 Å². The summed E-state index contributed by atoms with van der Waals surface area (Å²) < 4.78 is 41.7. The number of carbonyl (C=O) groups is 1. The van der Waals surface area contributed by atoms with Gasteiger partial charge in [-0.2, -0.15) is 13.2 Å². The number of ether oxygens (including phenoxy) is 1. The zero-order chi connectivity index (χ0) is 14.5. The number of nitrogens with one attached hydrogen (secondary N) is 1. The number of carboxylic acid groups (broad SMARTS) is 1. The minimum absolute atomic E-state index is 0.0608. The molecular weight excluding hydrogens is 289 g/mol. The lowest BCUT2D eigenvalue weighted by molar-refractivity contribution is -0.142. The maximum atomic E-state index is 12.3. The number of alkyl halides is 3. The van der Waals surface area contributed by atoms with Crippen LogP contribution in [0.5, 0.6) is 0 Å². The van der Waals surface area contributed by atoms with E-state index in [9.17, 15) is 18.0 Å². The topological polar surface area (TPSA) is 71.5 Å². The Balaban J connectivity index is 2.49. The van der Waals surface area contributed by atoms with Crippen LogP contribution in [0.4, 0.5) is 19.0 Å². The van der Waals surface area contributed by atoms with E-state index in [1.807, 2.05) is 0 Å². The predicted octanol–water partition coefficient (Wildman–Crippen LogP) is 2.27. The Morgan fingerprint density at radius 3 is 2.74 bits per heavy atom. The Morgan fingerprint density at radius 1 is 1.53 bits per heavy atom. The van der Waals surface area contributed by atoms with E-state index in [4.69, 9.17) is 21.4 Å². The number of aliphatic carboxylic acids is 1. The molecule has 0 aliphatic carbocycles. The fourth-order valence-corrected chi connectivity index (χ4v) is 1.36. The predicted molar refractivity (Wildman–Crippen MR) is 61.2 cm³/mol. The third kappa shape index (κ3) is 5.31. The number of carboxylic acids is 1. The van der Waals surface area contributed by atoms with E-state index in [2.05, 4.69) is 10.3 Å². The third-order valence-corrected chi connectivity index (χ3v) is 2.22. The Bertz CT molecular complexity index is 454. The molecule has 9 heteroatoms. The molecule has 0 saturated heterocycles. The molecule has 1 rings (SSSR count). The number of pyridine rings is 1. The van der Waals surface area contributed by atoms with E-state index in [0.29, 0.717) is 6.20 Å². The van der Waals surface area contributed by atoms with Crippen LogP contribution < -0.4 is 5.32 Å². The van der Waals surface area contributed by atoms with Crippen LogP contribution in [-0.4, -0.2) is 35.8 Å². The summed E-state index contributed by atoms with van der Waals surface area (Å²) in [5, 5.41) is 10.8. The number of hydrogen-bond donors (Lipinski definition) is 2. The molecule has 0 aliphatic heterocycles. The standard InChI is InChI=1S/C10H10ClF3N2O3/c11-7-3-6(10(12,13)14)4-16-9(7)15-1-2-19-5-8(17)18/h3-4H,1-2,5H2,(H,15,16)(H,17,18). The fourth-order valence-electron chi connectivity index (χ4n) is 1.12. The van der Waals surface area contributed by atoms with Crippen molar-refractivity contribution in [1.29, 1.82) is 0 Å². The van der Waals surface area contributed by atoms with E-state index in [0.717, 1.165) is 6.07 Å². The average Bonchev–Trinajstić information content (AvgIpc) is 2.28. The monoisotopic (exact) mass is 298 g/mol. The van der Waals surface area contributed by atoms with Crippen LogP contribution in [-0.2, 0) is 15.7 Å². The largest absolute Gasteiger partial charge is 0.480 e. The maximum Gasteiger partial charge on any atom is 0.417 e. The van der Waals surface area contributed by atoms with Gasteiger partial charge in [0.2, 0.25) is 0 Å². The Morgan fingerprint density at radius 2 is 2.21 bits per heavy atom. The molecule has 0 spiro atoms. The highest BCUT2D eigenvalue weighted by atomic mass is 35.5. The minimum Gasteiger partial charge on any atom is -0.480 e. The van der Waals surface area contributed by atoms with Gasteiger partial charge in [-0.1, -0.05) is 11.6 Å². The second-order valence-corrected chi connectivity index (χ2v) is 3.83. The van der Waals surface area contributed by atoms with Gasteiger partial charge in [0.05, 0.1) is 17.2 Å². The lowest BCUT2D eigenvalue weighted by Gasteiger charge is -2.10. The van der Waals surface area contributed by atoms with Gasteiger partial charge in [0.25, 0.3) is 0 Å². The molecule has 2 N–H and O–H groups in total. The minimum atomic E-state index is -4.50. The van der Waals surface area contributed by atoms with Gasteiger partial charge >= 0.3 is 12.1 Å². The second-order valence-electron chi connectivity index (χ2n) is 3.43. The number of rotatable bonds is 6. The zero-order valence-corrected chi connectivity index (χ0v) is 10.3. The molecule has 0 atom stereocenters. The van der Waals surface area contributed by atoms with Gasteiger partial charge in [0.1, 0.15) is 12.4 Å². The van der Waals surface area contributed by atoms with Gasteiger partial charge in [0, 0.05) is 12.7 Å². The van der Waals surface area contributed by atoms with Crippen LogP contribution in [0.15, 0.2) is 12.3 Å². The Kier molecular flexibility index (Phi) is 5.37. The highest BCUT2D eigenvalue weighted by Crippen LogP contribution is 2.32. The van der Waals surface area contributed by atoms with Crippen LogP contribution in [0, 0.1) is 0 Å². The van der Waals surface area contributed by atoms with E-state index in [-0.39, 0.29) is 24.0 Å². The molecule has 1 aromatic heterocycles. The van der Waals surface area contributed by atoms with Crippen molar-refractivity contribution >= 4 is 23.4 Å². The molecule has 106 valence electrons. The van der Waals surface area contributed by atoms with Crippen molar-refractivity contribution in [2.75, 3.05) is 25.1 Å². The fraction of sp³-hybridized carbons (Fsp3) is 0.400. The maximum absolute atomic E-state index is 12.3. The quantitative estimate of drug-likeness (QED) is 0.788. The summed E-state index contributed by atoms with van der Waals surface area (Å²) in [7, 11) is 0. The number of hydrogen-bond acceptors (Lipinski definition) is 4. The van der Waals surface area contributed by atoms with Crippen molar-refractivity contribution in [3.63, 3.8) is 0 Å². The van der Waals surface area contributed by atoms with Crippen molar-refractivity contribution in [3.8, 4) is 0 Å². The van der Waals surface area contributed by atoms with Crippen LogP contribution in [0.1, 0.15) is 5.56 Å². The molecule has 0 aromatic carbocycles. The van der Waals surface area contributed by atoms with Gasteiger partial charge in [-0.3, -0.25) is 0 Å². The average molecular weight is 299 g/mol. The lowest BCUT2D eigenvalue weighted by Crippen LogP contribution is -2.15. The highest BCUT2D eigenvalue weighted by Gasteiger charge is 2.31. The van der Waals surface area contributed by atoms with Crippen molar-refractivity contribution in [2.45, 2.75) is 6.18 Å². The summed E-state index contributed by atoms with van der Waals surface area (Å²) in [6.45, 7) is -0.216. The Labute approximate surface area is 111 Å². The summed E-state index contributed by atoms with van der Waals surface area (Å²) in [5.74, 6) is -1.03. The van der Waals surface area contributed by atoms with Crippen LogP contribution >= 0.6 is 11.6 Å². The Hall–Kier alpha value is -1.54. The normalized spacial score (nSPS) is 11.4.